The lowest BCUT2D eigenvalue weighted by molar-refractivity contribution is 0.0644. The molecule has 1 heterocycles. The van der Waals surface area contributed by atoms with Crippen molar-refractivity contribution in [2.24, 2.45) is 0 Å². The molecule has 0 aliphatic heterocycles. The molecule has 21 heavy (non-hydrogen) atoms. The summed E-state index contributed by atoms with van der Waals surface area (Å²) in [6.07, 6.45) is 2.78. The fourth-order valence-electron chi connectivity index (χ4n) is 2.15. The van der Waals surface area contributed by atoms with Crippen molar-refractivity contribution in [3.8, 4) is 0 Å². The van der Waals surface area contributed by atoms with Gasteiger partial charge in [-0.1, -0.05) is 12.1 Å². The summed E-state index contributed by atoms with van der Waals surface area (Å²) < 4.78 is 18.4. The highest BCUT2D eigenvalue weighted by atomic mass is 19.1. The molecule has 1 N–H and O–H groups in total. The van der Waals surface area contributed by atoms with E-state index in [1.54, 1.807) is 43.8 Å². The lowest BCUT2D eigenvalue weighted by Gasteiger charge is -2.24. The van der Waals surface area contributed by atoms with Crippen molar-refractivity contribution in [2.45, 2.75) is 19.1 Å². The lowest BCUT2D eigenvalue weighted by Crippen LogP contribution is -2.37. The molecule has 2 rings (SSSR count). The number of pyridine rings is 1. The number of carbonyl (C=O) groups excluding carboxylic acids is 1. The maximum absolute atomic E-state index is 13.0. The van der Waals surface area contributed by atoms with E-state index >= 15 is 0 Å². The summed E-state index contributed by atoms with van der Waals surface area (Å²) in [7, 11) is 1.56. The minimum atomic E-state index is -0.351. The van der Waals surface area contributed by atoms with Crippen molar-refractivity contribution in [3.05, 3.63) is 65.7 Å². The van der Waals surface area contributed by atoms with Gasteiger partial charge in [0.2, 0.25) is 0 Å². The van der Waals surface area contributed by atoms with Crippen LogP contribution in [0.5, 0.6) is 0 Å². The van der Waals surface area contributed by atoms with E-state index in [4.69, 9.17) is 4.74 Å². The molecular formula is C16H17FN2O2. The van der Waals surface area contributed by atoms with Crippen molar-refractivity contribution in [3.63, 3.8) is 0 Å². The van der Waals surface area contributed by atoms with Gasteiger partial charge in [0.05, 0.1) is 6.04 Å². The molecule has 0 unspecified atom stereocenters. The number of amides is 1. The fourth-order valence-corrected chi connectivity index (χ4v) is 2.15. The monoisotopic (exact) mass is 288 g/mol. The average Bonchev–Trinajstić information content (AvgIpc) is 2.50. The highest BCUT2D eigenvalue weighted by Crippen LogP contribution is 2.21. The van der Waals surface area contributed by atoms with Gasteiger partial charge < -0.3 is 10.1 Å². The SMILES string of the molecule is CO[C@H](c1ccc(F)cc1)[C@@H](C)NC(=O)c1ccncc1. The Morgan fingerprint density at radius 1 is 1.19 bits per heavy atom. The zero-order chi connectivity index (χ0) is 15.2. The van der Waals surface area contributed by atoms with Gasteiger partial charge in [0.15, 0.2) is 0 Å². The van der Waals surface area contributed by atoms with Gasteiger partial charge in [0.1, 0.15) is 11.9 Å². The molecule has 0 aliphatic carbocycles. The Balaban J connectivity index is 2.08. The summed E-state index contributed by atoms with van der Waals surface area (Å²) in [6.45, 7) is 1.84. The summed E-state index contributed by atoms with van der Waals surface area (Å²) in [6, 6.07) is 9.07. The van der Waals surface area contributed by atoms with Crippen LogP contribution in [0.2, 0.25) is 0 Å². The van der Waals surface area contributed by atoms with E-state index in [-0.39, 0.29) is 23.9 Å². The van der Waals surface area contributed by atoms with Gasteiger partial charge in [-0.3, -0.25) is 9.78 Å². The Bertz CT molecular complexity index is 587. The fraction of sp³-hybridized carbons (Fsp3) is 0.250. The largest absolute Gasteiger partial charge is 0.375 e. The zero-order valence-corrected chi connectivity index (χ0v) is 11.9. The maximum atomic E-state index is 13.0. The topological polar surface area (TPSA) is 51.2 Å². The first kappa shape index (κ1) is 15.1. The highest BCUT2D eigenvalue weighted by Gasteiger charge is 2.21. The zero-order valence-electron chi connectivity index (χ0n) is 11.9. The van der Waals surface area contributed by atoms with Crippen LogP contribution in [-0.2, 0) is 4.74 Å². The van der Waals surface area contributed by atoms with Crippen molar-refractivity contribution >= 4 is 5.91 Å². The van der Waals surface area contributed by atoms with Gasteiger partial charge in [-0.05, 0) is 36.8 Å². The molecule has 1 aromatic heterocycles. The van der Waals surface area contributed by atoms with Crippen molar-refractivity contribution < 1.29 is 13.9 Å². The van der Waals surface area contributed by atoms with Gasteiger partial charge >= 0.3 is 0 Å². The first-order valence-corrected chi connectivity index (χ1v) is 6.61. The predicted octanol–water partition coefficient (Wildman–Crippen LogP) is 2.73. The maximum Gasteiger partial charge on any atom is 0.251 e. The molecule has 1 amide bonds. The summed E-state index contributed by atoms with van der Waals surface area (Å²) in [5, 5.41) is 2.87. The first-order valence-electron chi connectivity index (χ1n) is 6.61. The summed E-state index contributed by atoms with van der Waals surface area (Å²) in [5.74, 6) is -0.504. The number of nitrogens with one attached hydrogen (secondary N) is 1. The van der Waals surface area contributed by atoms with Gasteiger partial charge in [0, 0.05) is 25.1 Å². The van der Waals surface area contributed by atoms with Gasteiger partial charge in [-0.25, -0.2) is 4.39 Å². The van der Waals surface area contributed by atoms with Crippen LogP contribution in [0.4, 0.5) is 4.39 Å². The summed E-state index contributed by atoms with van der Waals surface area (Å²) in [4.78, 5) is 16.0. The summed E-state index contributed by atoms with van der Waals surface area (Å²) in [5.41, 5.74) is 1.34. The van der Waals surface area contributed by atoms with Crippen molar-refractivity contribution in [2.75, 3.05) is 7.11 Å². The molecule has 0 radical (unpaired) electrons. The first-order chi connectivity index (χ1) is 10.1. The van der Waals surface area contributed by atoms with Gasteiger partial charge in [0.25, 0.3) is 5.91 Å². The van der Waals surface area contributed by atoms with E-state index in [1.165, 1.54) is 12.1 Å². The number of rotatable bonds is 5. The lowest BCUT2D eigenvalue weighted by atomic mass is 10.0. The van der Waals surface area contributed by atoms with E-state index in [0.717, 1.165) is 5.56 Å². The van der Waals surface area contributed by atoms with Gasteiger partial charge in [-0.15, -0.1) is 0 Å². The molecule has 4 nitrogen and oxygen atoms in total. The van der Waals surface area contributed by atoms with E-state index in [2.05, 4.69) is 10.3 Å². The number of nitrogens with zero attached hydrogens (tertiary/aromatic N) is 1. The number of halogens is 1. The Labute approximate surface area is 123 Å². The number of benzene rings is 1. The van der Waals surface area contributed by atoms with Crippen LogP contribution < -0.4 is 5.32 Å². The van der Waals surface area contributed by atoms with Crippen LogP contribution in [0, 0.1) is 5.82 Å². The molecule has 1 aromatic carbocycles. The number of aromatic nitrogens is 1. The van der Waals surface area contributed by atoms with Crippen LogP contribution in [0.15, 0.2) is 48.8 Å². The Morgan fingerprint density at radius 2 is 1.81 bits per heavy atom. The minimum Gasteiger partial charge on any atom is -0.375 e. The third-order valence-electron chi connectivity index (χ3n) is 3.21. The van der Waals surface area contributed by atoms with E-state index in [1.807, 2.05) is 6.92 Å². The third kappa shape index (κ3) is 3.86. The van der Waals surface area contributed by atoms with Crippen molar-refractivity contribution in [1.29, 1.82) is 0 Å². The number of hydrogen-bond acceptors (Lipinski definition) is 3. The molecule has 0 bridgehead atoms. The normalized spacial score (nSPS) is 13.5. The molecule has 0 fully saturated rings. The molecule has 0 saturated heterocycles. The van der Waals surface area contributed by atoms with Crippen LogP contribution >= 0.6 is 0 Å². The number of methoxy groups -OCH3 is 1. The molecule has 2 atom stereocenters. The molecule has 2 aromatic rings. The van der Waals surface area contributed by atoms with Crippen LogP contribution in [-0.4, -0.2) is 24.0 Å². The Hall–Kier alpha value is -2.27. The highest BCUT2D eigenvalue weighted by molar-refractivity contribution is 5.94. The second-order valence-corrected chi connectivity index (χ2v) is 4.71. The third-order valence-corrected chi connectivity index (χ3v) is 3.21. The molecule has 5 heteroatoms. The number of ether oxygens (including phenoxy) is 1. The van der Waals surface area contributed by atoms with Crippen molar-refractivity contribution in [1.82, 2.24) is 10.3 Å². The number of carbonyl (C=O) groups is 1. The second-order valence-electron chi connectivity index (χ2n) is 4.71. The minimum absolute atomic E-state index is 0.200. The molecular weight excluding hydrogens is 271 g/mol. The van der Waals surface area contributed by atoms with Crippen LogP contribution in [0.3, 0.4) is 0 Å². The summed E-state index contributed by atoms with van der Waals surface area (Å²) >= 11 is 0. The van der Waals surface area contributed by atoms with Gasteiger partial charge in [-0.2, -0.15) is 0 Å². The van der Waals surface area contributed by atoms with E-state index < -0.39 is 0 Å². The molecule has 0 saturated carbocycles. The van der Waals surface area contributed by atoms with Crippen LogP contribution in [0.1, 0.15) is 28.9 Å². The average molecular weight is 288 g/mol. The van der Waals surface area contributed by atoms with E-state index in [0.29, 0.717) is 5.56 Å². The predicted molar refractivity (Wildman–Crippen MR) is 77.3 cm³/mol. The Kier molecular flexibility index (Phi) is 5.00. The molecule has 0 aliphatic rings. The smallest absolute Gasteiger partial charge is 0.251 e. The molecule has 0 spiro atoms. The standard InChI is InChI=1S/C16H17FN2O2/c1-11(19-16(20)13-7-9-18-10-8-13)15(21-2)12-3-5-14(17)6-4-12/h3-11,15H,1-2H3,(H,19,20)/t11-,15+/m1/s1. The second kappa shape index (κ2) is 6.95. The number of hydrogen-bond donors (Lipinski definition) is 1. The van der Waals surface area contributed by atoms with Crippen LogP contribution in [0.25, 0.3) is 0 Å². The quantitative estimate of drug-likeness (QED) is 0.920. The Morgan fingerprint density at radius 3 is 2.38 bits per heavy atom. The molecule has 110 valence electrons. The van der Waals surface area contributed by atoms with E-state index in [9.17, 15) is 9.18 Å².